The summed E-state index contributed by atoms with van der Waals surface area (Å²) >= 11 is 6.03. The third kappa shape index (κ3) is 5.39. The Morgan fingerprint density at radius 3 is 2.74 bits per heavy atom. The first-order valence-electron chi connectivity index (χ1n) is 11.1. The fourth-order valence-corrected chi connectivity index (χ4v) is 4.28. The number of halogens is 1. The molecule has 10 nitrogen and oxygen atoms in total. The van der Waals surface area contributed by atoms with Crippen molar-refractivity contribution < 1.29 is 19.2 Å². The number of hydrogen-bond acceptors (Lipinski definition) is 7. The lowest BCUT2D eigenvalue weighted by atomic mass is 9.77. The molecule has 4 rings (SSSR count). The highest BCUT2D eigenvalue weighted by atomic mass is 35.5. The second kappa shape index (κ2) is 9.84. The van der Waals surface area contributed by atoms with Crippen LogP contribution in [-0.4, -0.2) is 63.8 Å². The average Bonchev–Trinajstić information content (AvgIpc) is 3.30. The van der Waals surface area contributed by atoms with Gasteiger partial charge in [0.25, 0.3) is 5.91 Å². The van der Waals surface area contributed by atoms with E-state index in [1.807, 2.05) is 12.1 Å². The summed E-state index contributed by atoms with van der Waals surface area (Å²) in [6, 6.07) is 6.94. The maximum absolute atomic E-state index is 11.8. The summed E-state index contributed by atoms with van der Waals surface area (Å²) < 4.78 is 5.14. The number of aromatic nitrogens is 3. The normalized spacial score (nSPS) is 15.3. The van der Waals surface area contributed by atoms with Gasteiger partial charge in [-0.25, -0.2) is 9.78 Å². The molecule has 2 amide bonds. The molecule has 1 saturated heterocycles. The van der Waals surface area contributed by atoms with Crippen LogP contribution in [0.25, 0.3) is 11.0 Å². The number of rotatable bonds is 7. The molecule has 3 aromatic rings. The lowest BCUT2D eigenvalue weighted by molar-refractivity contribution is 0.0952. The van der Waals surface area contributed by atoms with Crippen LogP contribution in [-0.2, 0) is 6.54 Å². The summed E-state index contributed by atoms with van der Waals surface area (Å²) in [5.74, 6) is 0.787. The molecule has 2 aromatic heterocycles. The van der Waals surface area contributed by atoms with Gasteiger partial charge in [-0.15, -0.1) is 0 Å². The van der Waals surface area contributed by atoms with Crippen LogP contribution in [0, 0.1) is 5.41 Å². The van der Waals surface area contributed by atoms with Gasteiger partial charge in [0.1, 0.15) is 5.82 Å². The van der Waals surface area contributed by atoms with E-state index in [-0.39, 0.29) is 23.6 Å². The first-order chi connectivity index (χ1) is 16.3. The smallest absolute Gasteiger partial charge is 0.407 e. The van der Waals surface area contributed by atoms with E-state index >= 15 is 0 Å². The van der Waals surface area contributed by atoms with E-state index < -0.39 is 6.09 Å². The van der Waals surface area contributed by atoms with E-state index in [2.05, 4.69) is 27.3 Å². The van der Waals surface area contributed by atoms with Crippen molar-refractivity contribution in [3.63, 3.8) is 0 Å². The van der Waals surface area contributed by atoms with Crippen molar-refractivity contribution in [3.05, 3.63) is 46.9 Å². The van der Waals surface area contributed by atoms with Crippen LogP contribution in [0.4, 0.5) is 10.6 Å². The van der Waals surface area contributed by atoms with Crippen molar-refractivity contribution in [2.45, 2.75) is 32.7 Å². The van der Waals surface area contributed by atoms with Crippen LogP contribution in [0.1, 0.15) is 42.4 Å². The number of fused-ring (bicyclic) bond motifs is 1. The van der Waals surface area contributed by atoms with Gasteiger partial charge in [0, 0.05) is 37.8 Å². The Morgan fingerprint density at radius 2 is 2.03 bits per heavy atom. The molecule has 1 aromatic carbocycles. The van der Waals surface area contributed by atoms with Crippen molar-refractivity contribution in [2.24, 2.45) is 5.41 Å². The minimum absolute atomic E-state index is 0.00330. The number of carbonyl (C=O) groups excluding carboxylic acids is 1. The number of carbonyl (C=O) groups is 2. The Morgan fingerprint density at radius 1 is 1.26 bits per heavy atom. The Bertz CT molecular complexity index is 1190. The molecule has 3 heterocycles. The van der Waals surface area contributed by atoms with Gasteiger partial charge >= 0.3 is 6.09 Å². The maximum atomic E-state index is 11.8. The van der Waals surface area contributed by atoms with Gasteiger partial charge in [0.15, 0.2) is 11.5 Å². The van der Waals surface area contributed by atoms with Gasteiger partial charge in [0.2, 0.25) is 0 Å². The van der Waals surface area contributed by atoms with Gasteiger partial charge < -0.3 is 24.7 Å². The van der Waals surface area contributed by atoms with E-state index in [9.17, 15) is 14.7 Å². The van der Waals surface area contributed by atoms with Crippen molar-refractivity contribution in [1.82, 2.24) is 25.3 Å². The monoisotopic (exact) mass is 486 g/mol. The molecule has 1 aliphatic rings. The number of nitrogens with one attached hydrogen (secondary N) is 1. The second-order valence-corrected chi connectivity index (χ2v) is 9.31. The van der Waals surface area contributed by atoms with Crippen LogP contribution in [0.3, 0.4) is 0 Å². The Labute approximate surface area is 201 Å². The topological polar surface area (TPSA) is 125 Å². The van der Waals surface area contributed by atoms with Crippen LogP contribution in [0.2, 0.25) is 5.02 Å². The fourth-order valence-electron chi connectivity index (χ4n) is 4.11. The van der Waals surface area contributed by atoms with Gasteiger partial charge in [0.05, 0.1) is 23.8 Å². The van der Waals surface area contributed by atoms with Crippen LogP contribution in [0.5, 0.6) is 0 Å². The molecule has 0 bridgehead atoms. The molecule has 0 spiro atoms. The van der Waals surface area contributed by atoms with E-state index in [0.29, 0.717) is 23.7 Å². The summed E-state index contributed by atoms with van der Waals surface area (Å²) in [6.07, 6.45) is 3.27. The minimum Gasteiger partial charge on any atom is -0.465 e. The molecule has 0 unspecified atom stereocenters. The summed E-state index contributed by atoms with van der Waals surface area (Å²) in [7, 11) is 1.49. The van der Waals surface area contributed by atoms with Gasteiger partial charge in [-0.2, -0.15) is 0 Å². The molecule has 0 radical (unpaired) electrons. The van der Waals surface area contributed by atoms with Crippen molar-refractivity contribution in [2.75, 3.05) is 31.6 Å². The number of anilines is 1. The third-order valence-corrected chi connectivity index (χ3v) is 6.64. The first kappa shape index (κ1) is 23.7. The van der Waals surface area contributed by atoms with Crippen molar-refractivity contribution in [1.29, 1.82) is 0 Å². The molecule has 0 atom stereocenters. The van der Waals surface area contributed by atoms with Crippen LogP contribution >= 0.6 is 11.6 Å². The van der Waals surface area contributed by atoms with E-state index in [0.717, 1.165) is 42.8 Å². The van der Waals surface area contributed by atoms with Crippen LogP contribution < -0.4 is 10.2 Å². The van der Waals surface area contributed by atoms with Gasteiger partial charge in [-0.05, 0) is 42.9 Å². The predicted molar refractivity (Wildman–Crippen MR) is 127 cm³/mol. The summed E-state index contributed by atoms with van der Waals surface area (Å²) in [4.78, 5) is 36.2. The van der Waals surface area contributed by atoms with Crippen molar-refractivity contribution >= 4 is 40.5 Å². The lowest BCUT2D eigenvalue weighted by Gasteiger charge is -2.40. The molecule has 2 N–H and O–H groups in total. The highest BCUT2D eigenvalue weighted by molar-refractivity contribution is 6.31. The summed E-state index contributed by atoms with van der Waals surface area (Å²) in [6.45, 7) is 4.22. The third-order valence-electron chi connectivity index (χ3n) is 6.41. The minimum atomic E-state index is -1.04. The largest absolute Gasteiger partial charge is 0.465 e. The SMILES string of the molecule is CNC(=O)c1cc(CN(CCC2(C)CCN(c3cnc4cc(Cl)ccc4n3)CC2)C(=O)O)on1. The van der Waals surface area contributed by atoms with Crippen LogP contribution in [0.15, 0.2) is 35.0 Å². The number of nitrogens with zero attached hydrogens (tertiary/aromatic N) is 5. The maximum Gasteiger partial charge on any atom is 0.407 e. The molecule has 0 saturated carbocycles. The summed E-state index contributed by atoms with van der Waals surface area (Å²) in [5, 5.41) is 16.4. The molecule has 11 heteroatoms. The molecule has 1 fully saturated rings. The molecular formula is C23H27ClN6O4. The summed E-state index contributed by atoms with van der Waals surface area (Å²) in [5.41, 5.74) is 1.69. The standard InChI is InChI=1S/C23H27ClN6O4/c1-23(7-10-30(22(32)33)14-16-12-19(28-34-16)21(31)25-2)5-8-29(9-6-23)20-13-26-18-11-15(24)3-4-17(18)27-20/h3-4,11-13H,5-10,14H2,1-2H3,(H,25,31)(H,32,33). The highest BCUT2D eigenvalue weighted by Gasteiger charge is 2.32. The zero-order chi connectivity index (χ0) is 24.3. The number of piperidine rings is 1. The lowest BCUT2D eigenvalue weighted by Crippen LogP contribution is -2.41. The Hall–Kier alpha value is -3.40. The van der Waals surface area contributed by atoms with Gasteiger partial charge in [-0.1, -0.05) is 23.7 Å². The van der Waals surface area contributed by atoms with E-state index in [1.165, 1.54) is 18.0 Å². The molecule has 1 aliphatic heterocycles. The Balaban J connectivity index is 1.34. The molecule has 180 valence electrons. The van der Waals surface area contributed by atoms with Crippen molar-refractivity contribution in [3.8, 4) is 0 Å². The molecular weight excluding hydrogens is 460 g/mol. The average molecular weight is 487 g/mol. The highest BCUT2D eigenvalue weighted by Crippen LogP contribution is 2.36. The number of benzene rings is 1. The zero-order valence-electron chi connectivity index (χ0n) is 19.1. The second-order valence-electron chi connectivity index (χ2n) is 8.87. The first-order valence-corrected chi connectivity index (χ1v) is 11.5. The number of carboxylic acid groups (broad SMARTS) is 1. The van der Waals surface area contributed by atoms with E-state index in [4.69, 9.17) is 21.1 Å². The number of hydrogen-bond donors (Lipinski definition) is 2. The van der Waals surface area contributed by atoms with Gasteiger partial charge in [-0.3, -0.25) is 9.78 Å². The predicted octanol–water partition coefficient (Wildman–Crippen LogP) is 3.81. The molecule has 0 aliphatic carbocycles. The zero-order valence-corrected chi connectivity index (χ0v) is 19.9. The quantitative estimate of drug-likeness (QED) is 0.516. The molecule has 34 heavy (non-hydrogen) atoms. The fraction of sp³-hybridized carbons (Fsp3) is 0.435. The Kier molecular flexibility index (Phi) is 6.87. The van der Waals surface area contributed by atoms with E-state index in [1.54, 1.807) is 12.3 Å². The number of amides is 2.